The highest BCUT2D eigenvalue weighted by Gasteiger charge is 2.42. The SMILES string of the molecule is CC(=O)Nc1cc2c(cc1[N+](=O)[O-])OC(C)(C)C(Br)C2O. The number of carbonyl (C=O) groups excluding carboxylic acids is 1. The van der Waals surface area contributed by atoms with Crippen LogP contribution < -0.4 is 10.1 Å². The third-order valence-electron chi connectivity index (χ3n) is 3.27. The largest absolute Gasteiger partial charge is 0.486 e. The summed E-state index contributed by atoms with van der Waals surface area (Å²) in [5.74, 6) is -0.191. The number of hydrogen-bond donors (Lipinski definition) is 2. The molecule has 8 heteroatoms. The lowest BCUT2D eigenvalue weighted by molar-refractivity contribution is -0.384. The number of ether oxygens (including phenoxy) is 1. The molecule has 1 aliphatic heterocycles. The first-order chi connectivity index (χ1) is 9.63. The van der Waals surface area contributed by atoms with E-state index in [1.54, 1.807) is 13.8 Å². The molecule has 1 amide bonds. The fourth-order valence-electron chi connectivity index (χ4n) is 2.22. The molecule has 0 fully saturated rings. The molecule has 7 nitrogen and oxygen atoms in total. The summed E-state index contributed by atoms with van der Waals surface area (Å²) in [6, 6.07) is 2.60. The molecule has 114 valence electrons. The second-order valence-corrected chi connectivity index (χ2v) is 6.38. The Morgan fingerprint density at radius 2 is 2.14 bits per heavy atom. The molecule has 0 radical (unpaired) electrons. The van der Waals surface area contributed by atoms with Gasteiger partial charge in [-0.15, -0.1) is 0 Å². The molecular formula is C13H15BrN2O5. The van der Waals surface area contributed by atoms with E-state index in [4.69, 9.17) is 4.74 Å². The van der Waals surface area contributed by atoms with Crippen LogP contribution in [0.2, 0.25) is 0 Å². The minimum Gasteiger partial charge on any atom is -0.486 e. The molecule has 1 aromatic carbocycles. The van der Waals surface area contributed by atoms with Crippen molar-refractivity contribution in [3.63, 3.8) is 0 Å². The molecule has 2 rings (SSSR count). The van der Waals surface area contributed by atoms with E-state index in [0.29, 0.717) is 5.56 Å². The van der Waals surface area contributed by atoms with Gasteiger partial charge >= 0.3 is 0 Å². The molecule has 1 aromatic rings. The van der Waals surface area contributed by atoms with Gasteiger partial charge in [-0.3, -0.25) is 14.9 Å². The van der Waals surface area contributed by atoms with E-state index in [9.17, 15) is 20.0 Å². The number of nitro groups is 1. The second kappa shape index (κ2) is 5.27. The zero-order chi connectivity index (χ0) is 15.9. The number of rotatable bonds is 2. The van der Waals surface area contributed by atoms with Crippen molar-refractivity contribution in [2.24, 2.45) is 0 Å². The maximum atomic E-state index is 11.2. The minimum absolute atomic E-state index is 0.0355. The molecule has 0 spiro atoms. The maximum absolute atomic E-state index is 11.2. The molecule has 0 aromatic heterocycles. The summed E-state index contributed by atoms with van der Waals surface area (Å²) in [7, 11) is 0. The average molecular weight is 359 g/mol. The van der Waals surface area contributed by atoms with Crippen molar-refractivity contribution in [3.05, 3.63) is 27.8 Å². The van der Waals surface area contributed by atoms with Crippen LogP contribution in [-0.2, 0) is 4.79 Å². The summed E-state index contributed by atoms with van der Waals surface area (Å²) in [5.41, 5.74) is -0.575. The maximum Gasteiger partial charge on any atom is 0.296 e. The zero-order valence-electron chi connectivity index (χ0n) is 11.7. The first-order valence-corrected chi connectivity index (χ1v) is 7.16. The number of nitrogens with zero attached hydrogens (tertiary/aromatic N) is 1. The fourth-order valence-corrected chi connectivity index (χ4v) is 2.60. The summed E-state index contributed by atoms with van der Waals surface area (Å²) in [6.07, 6.45) is -0.905. The van der Waals surface area contributed by atoms with Gasteiger partial charge in [0.25, 0.3) is 5.69 Å². The molecule has 1 heterocycles. The first-order valence-electron chi connectivity index (χ1n) is 6.24. The molecule has 0 aliphatic carbocycles. The van der Waals surface area contributed by atoms with Crippen molar-refractivity contribution in [1.82, 2.24) is 0 Å². The molecule has 2 atom stereocenters. The van der Waals surface area contributed by atoms with Gasteiger partial charge in [0, 0.05) is 12.5 Å². The number of halogens is 1. The van der Waals surface area contributed by atoms with Gasteiger partial charge in [0.2, 0.25) is 5.91 Å². The van der Waals surface area contributed by atoms with Gasteiger partial charge in [-0.1, -0.05) is 15.9 Å². The number of hydrogen-bond acceptors (Lipinski definition) is 5. The van der Waals surface area contributed by atoms with E-state index in [1.807, 2.05) is 0 Å². The van der Waals surface area contributed by atoms with E-state index in [-0.39, 0.29) is 22.0 Å². The van der Waals surface area contributed by atoms with E-state index in [2.05, 4.69) is 21.2 Å². The molecule has 2 unspecified atom stereocenters. The van der Waals surface area contributed by atoms with E-state index in [1.165, 1.54) is 19.1 Å². The quantitative estimate of drug-likeness (QED) is 0.480. The van der Waals surface area contributed by atoms with Gasteiger partial charge in [-0.05, 0) is 19.9 Å². The lowest BCUT2D eigenvalue weighted by atomic mass is 9.91. The van der Waals surface area contributed by atoms with Crippen molar-refractivity contribution >= 4 is 33.2 Å². The van der Waals surface area contributed by atoms with Crippen molar-refractivity contribution in [2.75, 3.05) is 5.32 Å². The Labute approximate surface area is 129 Å². The van der Waals surface area contributed by atoms with Gasteiger partial charge in [0.1, 0.15) is 17.0 Å². The smallest absolute Gasteiger partial charge is 0.296 e. The van der Waals surface area contributed by atoms with Crippen molar-refractivity contribution < 1.29 is 19.6 Å². The Hall–Kier alpha value is -1.67. The zero-order valence-corrected chi connectivity index (χ0v) is 13.3. The summed E-state index contributed by atoms with van der Waals surface area (Å²) in [5, 5.41) is 23.9. The highest BCUT2D eigenvalue weighted by Crippen LogP contribution is 2.46. The third-order valence-corrected chi connectivity index (χ3v) is 4.87. The number of carbonyl (C=O) groups is 1. The summed E-state index contributed by atoms with van der Waals surface area (Å²) >= 11 is 3.37. The number of aliphatic hydroxyl groups excluding tert-OH is 1. The van der Waals surface area contributed by atoms with Crippen LogP contribution in [0.5, 0.6) is 5.75 Å². The first kappa shape index (κ1) is 15.7. The summed E-state index contributed by atoms with van der Waals surface area (Å²) in [4.78, 5) is 21.3. The fraction of sp³-hybridized carbons (Fsp3) is 0.462. The van der Waals surface area contributed by atoms with Gasteiger partial charge in [0.05, 0.1) is 21.9 Å². The van der Waals surface area contributed by atoms with E-state index >= 15 is 0 Å². The lowest BCUT2D eigenvalue weighted by Crippen LogP contribution is -2.45. The summed E-state index contributed by atoms with van der Waals surface area (Å²) < 4.78 is 5.73. The van der Waals surface area contributed by atoms with E-state index in [0.717, 1.165) is 0 Å². The lowest BCUT2D eigenvalue weighted by Gasteiger charge is -2.40. The summed E-state index contributed by atoms with van der Waals surface area (Å²) in [6.45, 7) is 4.80. The van der Waals surface area contributed by atoms with Gasteiger partial charge in [0.15, 0.2) is 0 Å². The van der Waals surface area contributed by atoms with Crippen LogP contribution in [0.15, 0.2) is 12.1 Å². The van der Waals surface area contributed by atoms with Crippen LogP contribution in [0.4, 0.5) is 11.4 Å². The van der Waals surface area contributed by atoms with Crippen LogP contribution in [0.3, 0.4) is 0 Å². The number of amides is 1. The van der Waals surface area contributed by atoms with Gasteiger partial charge in [-0.2, -0.15) is 0 Å². The Morgan fingerprint density at radius 3 is 2.67 bits per heavy atom. The number of fused-ring (bicyclic) bond motifs is 1. The van der Waals surface area contributed by atoms with Gasteiger partial charge in [-0.25, -0.2) is 0 Å². The number of anilines is 1. The van der Waals surface area contributed by atoms with Crippen molar-refractivity contribution in [3.8, 4) is 5.75 Å². The second-order valence-electron chi connectivity index (χ2n) is 5.40. The normalized spacial score (nSPS) is 22.9. The average Bonchev–Trinajstić information content (AvgIpc) is 2.35. The van der Waals surface area contributed by atoms with Crippen LogP contribution >= 0.6 is 15.9 Å². The predicted octanol–water partition coefficient (Wildman–Crippen LogP) is 2.52. The number of aliphatic hydroxyl groups is 1. The molecule has 2 N–H and O–H groups in total. The molecule has 0 saturated heterocycles. The molecule has 0 bridgehead atoms. The predicted molar refractivity (Wildman–Crippen MR) is 79.8 cm³/mol. The van der Waals surface area contributed by atoms with Crippen LogP contribution in [0.25, 0.3) is 0 Å². The third kappa shape index (κ3) is 2.86. The van der Waals surface area contributed by atoms with Crippen LogP contribution in [0.1, 0.15) is 32.4 Å². The van der Waals surface area contributed by atoms with Gasteiger partial charge < -0.3 is 15.2 Å². The Morgan fingerprint density at radius 1 is 1.52 bits per heavy atom. The standard InChI is InChI=1S/C13H15BrN2O5/c1-6(17)15-8-4-7-10(5-9(8)16(19)20)21-13(2,3)12(14)11(7)18/h4-5,11-12,18H,1-3H3,(H,15,17). The Kier molecular flexibility index (Phi) is 3.94. The molecule has 0 saturated carbocycles. The van der Waals surface area contributed by atoms with Crippen LogP contribution in [-0.4, -0.2) is 26.4 Å². The van der Waals surface area contributed by atoms with Crippen LogP contribution in [0, 0.1) is 10.1 Å². The molecular weight excluding hydrogens is 344 g/mol. The topological polar surface area (TPSA) is 102 Å². The van der Waals surface area contributed by atoms with E-state index < -0.39 is 22.5 Å². The molecule has 1 aliphatic rings. The minimum atomic E-state index is -0.905. The Balaban J connectivity index is 2.59. The molecule has 21 heavy (non-hydrogen) atoms. The number of benzene rings is 1. The number of nitro benzene ring substituents is 1. The Bertz CT molecular complexity index is 617. The van der Waals surface area contributed by atoms with Crippen molar-refractivity contribution in [2.45, 2.75) is 37.3 Å². The highest BCUT2D eigenvalue weighted by molar-refractivity contribution is 9.09. The number of alkyl halides is 1. The number of nitrogens with one attached hydrogen (secondary N) is 1. The van der Waals surface area contributed by atoms with Crippen molar-refractivity contribution in [1.29, 1.82) is 0 Å². The monoisotopic (exact) mass is 358 g/mol. The highest BCUT2D eigenvalue weighted by atomic mass is 79.9.